The minimum Gasteiger partial charge on any atom is -0.382 e. The van der Waals surface area contributed by atoms with Crippen LogP contribution < -0.4 is 10.9 Å². The van der Waals surface area contributed by atoms with Crippen LogP contribution in [0.25, 0.3) is 0 Å². The Kier molecular flexibility index (Phi) is 5.77. The van der Waals surface area contributed by atoms with E-state index in [9.17, 15) is 4.79 Å². The van der Waals surface area contributed by atoms with Gasteiger partial charge in [-0.2, -0.15) is 5.10 Å². The highest BCUT2D eigenvalue weighted by molar-refractivity contribution is 6.32. The fourth-order valence-electron chi connectivity index (χ4n) is 1.44. The second-order valence-corrected chi connectivity index (χ2v) is 4.16. The number of rotatable bonds is 7. The van der Waals surface area contributed by atoms with Gasteiger partial charge in [0, 0.05) is 6.54 Å². The van der Waals surface area contributed by atoms with Crippen LogP contribution in [-0.4, -0.2) is 16.3 Å². The fourth-order valence-corrected chi connectivity index (χ4v) is 1.65. The largest absolute Gasteiger partial charge is 0.382 e. The molecule has 1 rings (SSSR count). The summed E-state index contributed by atoms with van der Waals surface area (Å²) in [6.07, 6.45) is 6.57. The van der Waals surface area contributed by atoms with Crippen molar-refractivity contribution in [3.63, 3.8) is 0 Å². The Morgan fingerprint density at radius 3 is 3.00 bits per heavy atom. The Labute approximate surface area is 106 Å². The molecule has 17 heavy (non-hydrogen) atoms. The van der Waals surface area contributed by atoms with Gasteiger partial charge in [0.15, 0.2) is 0 Å². The summed E-state index contributed by atoms with van der Waals surface area (Å²) < 4.78 is 1.28. The zero-order chi connectivity index (χ0) is 12.7. The van der Waals surface area contributed by atoms with Gasteiger partial charge in [-0.15, -0.1) is 6.58 Å². The van der Waals surface area contributed by atoms with E-state index in [1.54, 1.807) is 12.3 Å². The highest BCUT2D eigenvalue weighted by Crippen LogP contribution is 2.15. The third-order valence-corrected chi connectivity index (χ3v) is 2.75. The van der Waals surface area contributed by atoms with Crippen molar-refractivity contribution >= 4 is 17.3 Å². The van der Waals surface area contributed by atoms with E-state index in [1.807, 2.05) is 0 Å². The lowest BCUT2D eigenvalue weighted by molar-refractivity contribution is 0.652. The summed E-state index contributed by atoms with van der Waals surface area (Å²) in [5.41, 5.74) is 0.320. The molecular weight excluding hydrogens is 238 g/mol. The first-order chi connectivity index (χ1) is 8.20. The molecule has 5 heteroatoms. The molecule has 0 amide bonds. The predicted molar refractivity (Wildman–Crippen MR) is 71.7 cm³/mol. The van der Waals surface area contributed by atoms with Gasteiger partial charge >= 0.3 is 0 Å². The number of hydrogen-bond donors (Lipinski definition) is 1. The summed E-state index contributed by atoms with van der Waals surface area (Å²) in [7, 11) is 0. The molecule has 0 aliphatic heterocycles. The molecule has 0 fully saturated rings. The van der Waals surface area contributed by atoms with E-state index in [4.69, 9.17) is 11.6 Å². The molecular formula is C12H18ClN3O. The van der Waals surface area contributed by atoms with E-state index < -0.39 is 0 Å². The summed E-state index contributed by atoms with van der Waals surface area (Å²) >= 11 is 5.98. The first-order valence-corrected chi connectivity index (χ1v) is 6.18. The third-order valence-electron chi connectivity index (χ3n) is 2.38. The Balaban J connectivity index is 2.71. The van der Waals surface area contributed by atoms with Crippen molar-refractivity contribution in [1.29, 1.82) is 0 Å². The molecule has 1 N–H and O–H groups in total. The van der Waals surface area contributed by atoms with Crippen LogP contribution in [0.4, 0.5) is 5.69 Å². The molecule has 0 unspecified atom stereocenters. The zero-order valence-electron chi connectivity index (χ0n) is 10.1. The van der Waals surface area contributed by atoms with Crippen molar-refractivity contribution < 1.29 is 0 Å². The van der Waals surface area contributed by atoms with Crippen molar-refractivity contribution in [3.8, 4) is 0 Å². The Morgan fingerprint density at radius 2 is 2.35 bits per heavy atom. The molecule has 0 saturated carbocycles. The third kappa shape index (κ3) is 3.89. The van der Waals surface area contributed by atoms with Gasteiger partial charge in [-0.25, -0.2) is 4.68 Å². The average molecular weight is 256 g/mol. The average Bonchev–Trinajstić information content (AvgIpc) is 2.33. The monoisotopic (exact) mass is 255 g/mol. The molecule has 94 valence electrons. The van der Waals surface area contributed by atoms with Crippen LogP contribution in [0, 0.1) is 0 Å². The van der Waals surface area contributed by atoms with Crippen LogP contribution in [0.2, 0.25) is 5.02 Å². The normalized spacial score (nSPS) is 10.2. The minimum atomic E-state index is -0.285. The second-order valence-electron chi connectivity index (χ2n) is 3.78. The van der Waals surface area contributed by atoms with Crippen molar-refractivity contribution in [1.82, 2.24) is 9.78 Å². The molecule has 0 aliphatic carbocycles. The fraction of sp³-hybridized carbons (Fsp3) is 0.500. The van der Waals surface area contributed by atoms with E-state index in [0.717, 1.165) is 25.8 Å². The van der Waals surface area contributed by atoms with E-state index in [0.29, 0.717) is 12.2 Å². The van der Waals surface area contributed by atoms with Crippen molar-refractivity contribution in [3.05, 3.63) is 34.2 Å². The molecule has 0 bridgehead atoms. The maximum absolute atomic E-state index is 11.7. The highest BCUT2D eigenvalue weighted by atomic mass is 35.5. The molecule has 0 spiro atoms. The van der Waals surface area contributed by atoms with Gasteiger partial charge in [-0.3, -0.25) is 4.79 Å². The van der Waals surface area contributed by atoms with Crippen LogP contribution >= 0.6 is 11.6 Å². The molecule has 1 heterocycles. The minimum absolute atomic E-state index is 0.193. The van der Waals surface area contributed by atoms with Crippen LogP contribution in [0.3, 0.4) is 0 Å². The maximum atomic E-state index is 11.7. The number of unbranched alkanes of at least 4 members (excludes halogenated alkanes) is 2. The van der Waals surface area contributed by atoms with Crippen molar-refractivity contribution in [2.75, 3.05) is 11.9 Å². The molecule has 4 nitrogen and oxygen atoms in total. The van der Waals surface area contributed by atoms with E-state index in [2.05, 4.69) is 23.9 Å². The summed E-state index contributed by atoms with van der Waals surface area (Å²) in [6.45, 7) is 6.88. The number of hydrogen-bond acceptors (Lipinski definition) is 3. The predicted octanol–water partition coefficient (Wildman–Crippen LogP) is 2.68. The molecule has 0 saturated heterocycles. The van der Waals surface area contributed by atoms with Gasteiger partial charge in [0.05, 0.1) is 18.4 Å². The van der Waals surface area contributed by atoms with Crippen LogP contribution in [-0.2, 0) is 6.54 Å². The topological polar surface area (TPSA) is 46.9 Å². The molecule has 0 radical (unpaired) electrons. The lowest BCUT2D eigenvalue weighted by Crippen LogP contribution is -2.23. The Morgan fingerprint density at radius 1 is 1.59 bits per heavy atom. The number of nitrogens with zero attached hydrogens (tertiary/aromatic N) is 2. The first kappa shape index (κ1) is 13.8. The lowest BCUT2D eigenvalue weighted by Gasteiger charge is -2.08. The van der Waals surface area contributed by atoms with Crippen LogP contribution in [0.15, 0.2) is 23.6 Å². The molecule has 0 aliphatic rings. The summed E-state index contributed by atoms with van der Waals surface area (Å²) in [5.74, 6) is 0. The highest BCUT2D eigenvalue weighted by Gasteiger charge is 2.07. The van der Waals surface area contributed by atoms with Gasteiger partial charge in [-0.05, 0) is 6.42 Å². The van der Waals surface area contributed by atoms with Crippen LogP contribution in [0.5, 0.6) is 0 Å². The molecule has 0 aromatic carbocycles. The molecule has 1 aromatic rings. The van der Waals surface area contributed by atoms with Gasteiger partial charge in [-0.1, -0.05) is 37.4 Å². The van der Waals surface area contributed by atoms with Gasteiger partial charge in [0.2, 0.25) is 0 Å². The van der Waals surface area contributed by atoms with Gasteiger partial charge in [0.25, 0.3) is 5.56 Å². The smallest absolute Gasteiger partial charge is 0.287 e. The first-order valence-electron chi connectivity index (χ1n) is 5.81. The standard InChI is InChI=1S/C12H18ClN3O/c1-3-5-6-7-14-10-9-15-16(8-4-2)12(17)11(10)13/h4,9,14H,2-3,5-8H2,1H3. The van der Waals surface area contributed by atoms with E-state index in [1.165, 1.54) is 4.68 Å². The van der Waals surface area contributed by atoms with Crippen molar-refractivity contribution in [2.24, 2.45) is 0 Å². The zero-order valence-corrected chi connectivity index (χ0v) is 10.8. The summed E-state index contributed by atoms with van der Waals surface area (Å²) in [4.78, 5) is 11.7. The quantitative estimate of drug-likeness (QED) is 0.602. The number of anilines is 1. The number of allylic oxidation sites excluding steroid dienone is 1. The van der Waals surface area contributed by atoms with Gasteiger partial charge < -0.3 is 5.32 Å². The maximum Gasteiger partial charge on any atom is 0.287 e. The Hall–Kier alpha value is -1.29. The number of halogens is 1. The second kappa shape index (κ2) is 7.12. The van der Waals surface area contributed by atoms with Gasteiger partial charge in [0.1, 0.15) is 5.02 Å². The van der Waals surface area contributed by atoms with Crippen LogP contribution in [0.1, 0.15) is 26.2 Å². The van der Waals surface area contributed by atoms with E-state index >= 15 is 0 Å². The summed E-state index contributed by atoms with van der Waals surface area (Å²) in [5, 5.41) is 7.33. The van der Waals surface area contributed by atoms with Crippen molar-refractivity contribution in [2.45, 2.75) is 32.7 Å². The summed E-state index contributed by atoms with van der Waals surface area (Å²) in [6, 6.07) is 0. The number of nitrogens with one attached hydrogen (secondary N) is 1. The molecule has 1 aromatic heterocycles. The number of aromatic nitrogens is 2. The Bertz CT molecular complexity index is 428. The SMILES string of the molecule is C=CCn1ncc(NCCCCC)c(Cl)c1=O. The lowest BCUT2D eigenvalue weighted by atomic mass is 10.2. The molecule has 0 atom stereocenters. The van der Waals surface area contributed by atoms with E-state index in [-0.39, 0.29) is 10.6 Å².